The van der Waals surface area contributed by atoms with Gasteiger partial charge >= 0.3 is 0 Å². The molecule has 2 aliphatic heterocycles. The Balaban J connectivity index is 1.34. The monoisotopic (exact) mass is 425 g/mol. The highest BCUT2D eigenvalue weighted by atomic mass is 32.2. The van der Waals surface area contributed by atoms with Crippen LogP contribution in [0.4, 0.5) is 15.8 Å². The summed E-state index contributed by atoms with van der Waals surface area (Å²) in [6, 6.07) is 10.6. The maximum Gasteiger partial charge on any atom is 0.233 e. The fourth-order valence-electron chi connectivity index (χ4n) is 3.96. The number of aromatic nitrogens is 1. The fourth-order valence-corrected chi connectivity index (χ4v) is 4.83. The highest BCUT2D eigenvalue weighted by Gasteiger charge is 2.23. The van der Waals surface area contributed by atoms with Crippen molar-refractivity contribution in [1.29, 1.82) is 5.26 Å². The first-order valence-electron chi connectivity index (χ1n) is 10.2. The van der Waals surface area contributed by atoms with E-state index < -0.39 is 0 Å². The van der Waals surface area contributed by atoms with Gasteiger partial charge in [0.2, 0.25) is 5.91 Å². The number of rotatable bonds is 5. The summed E-state index contributed by atoms with van der Waals surface area (Å²) in [4.78, 5) is 23.3. The van der Waals surface area contributed by atoms with Crippen LogP contribution in [0.2, 0.25) is 0 Å². The van der Waals surface area contributed by atoms with E-state index in [1.807, 2.05) is 11.0 Å². The number of hydrogen-bond donors (Lipinski definition) is 0. The lowest BCUT2D eigenvalue weighted by Crippen LogP contribution is -2.49. The van der Waals surface area contributed by atoms with Gasteiger partial charge in [-0.2, -0.15) is 5.26 Å². The third-order valence-electron chi connectivity index (χ3n) is 5.61. The van der Waals surface area contributed by atoms with Crippen molar-refractivity contribution in [1.82, 2.24) is 9.88 Å². The number of anilines is 2. The highest BCUT2D eigenvalue weighted by Crippen LogP contribution is 2.30. The third-order valence-corrected chi connectivity index (χ3v) is 6.58. The lowest BCUT2D eigenvalue weighted by Gasteiger charge is -2.36. The fraction of sp³-hybridized carbons (Fsp3) is 0.409. The summed E-state index contributed by atoms with van der Waals surface area (Å²) in [5, 5.41) is 10.3. The van der Waals surface area contributed by atoms with Gasteiger partial charge in [0, 0.05) is 51.2 Å². The molecule has 0 N–H and O–H groups in total. The molecule has 0 atom stereocenters. The van der Waals surface area contributed by atoms with Crippen LogP contribution >= 0.6 is 11.8 Å². The SMILES string of the molecule is N#Cc1c(N2CCCC2)ccnc1SCC(=O)N1CCN(c2ccc(F)cc2)CC1. The smallest absolute Gasteiger partial charge is 0.233 e. The zero-order chi connectivity index (χ0) is 20.9. The summed E-state index contributed by atoms with van der Waals surface area (Å²) >= 11 is 1.34. The number of pyridine rings is 1. The maximum atomic E-state index is 13.1. The Labute approximate surface area is 180 Å². The lowest BCUT2D eigenvalue weighted by atomic mass is 10.2. The molecule has 30 heavy (non-hydrogen) atoms. The van der Waals surface area contributed by atoms with Crippen LogP contribution in [0.3, 0.4) is 0 Å². The first-order valence-corrected chi connectivity index (χ1v) is 11.2. The average molecular weight is 426 g/mol. The normalized spacial score (nSPS) is 16.6. The molecule has 1 aromatic carbocycles. The van der Waals surface area contributed by atoms with Gasteiger partial charge in [-0.1, -0.05) is 11.8 Å². The van der Waals surface area contributed by atoms with Gasteiger partial charge in [0.1, 0.15) is 22.5 Å². The molecule has 6 nitrogen and oxygen atoms in total. The second-order valence-electron chi connectivity index (χ2n) is 7.45. The van der Waals surface area contributed by atoms with Gasteiger partial charge in [0.05, 0.1) is 11.4 Å². The van der Waals surface area contributed by atoms with Crippen LogP contribution in [0.25, 0.3) is 0 Å². The maximum absolute atomic E-state index is 13.1. The zero-order valence-electron chi connectivity index (χ0n) is 16.8. The molecule has 2 aliphatic rings. The van der Waals surface area contributed by atoms with Gasteiger partial charge in [0.15, 0.2) is 0 Å². The van der Waals surface area contributed by atoms with E-state index in [9.17, 15) is 14.4 Å². The van der Waals surface area contributed by atoms with Crippen molar-refractivity contribution in [3.05, 3.63) is 47.9 Å². The van der Waals surface area contributed by atoms with Gasteiger partial charge in [-0.15, -0.1) is 0 Å². The minimum Gasteiger partial charge on any atom is -0.370 e. The average Bonchev–Trinajstić information content (AvgIpc) is 3.32. The Morgan fingerprint density at radius 1 is 1.03 bits per heavy atom. The van der Waals surface area contributed by atoms with Gasteiger partial charge in [-0.25, -0.2) is 9.37 Å². The molecule has 156 valence electrons. The molecule has 0 saturated carbocycles. The summed E-state index contributed by atoms with van der Waals surface area (Å²) in [6.07, 6.45) is 4.00. The second kappa shape index (κ2) is 9.35. The van der Waals surface area contributed by atoms with E-state index in [0.717, 1.165) is 37.3 Å². The molecular weight excluding hydrogens is 401 g/mol. The summed E-state index contributed by atoms with van der Waals surface area (Å²) in [6.45, 7) is 4.61. The number of nitriles is 1. The first kappa shape index (κ1) is 20.5. The third kappa shape index (κ3) is 4.51. The number of carbonyl (C=O) groups excluding carboxylic acids is 1. The number of benzene rings is 1. The molecule has 1 amide bonds. The van der Waals surface area contributed by atoms with Gasteiger partial charge in [0.25, 0.3) is 0 Å². The first-order chi connectivity index (χ1) is 14.7. The van der Waals surface area contributed by atoms with Crippen molar-refractivity contribution in [3.8, 4) is 6.07 Å². The molecule has 2 saturated heterocycles. The predicted octanol–water partition coefficient (Wildman–Crippen LogP) is 3.13. The second-order valence-corrected chi connectivity index (χ2v) is 8.41. The highest BCUT2D eigenvalue weighted by molar-refractivity contribution is 8.00. The molecule has 1 aromatic heterocycles. The van der Waals surface area contributed by atoms with E-state index >= 15 is 0 Å². The lowest BCUT2D eigenvalue weighted by molar-refractivity contribution is -0.128. The van der Waals surface area contributed by atoms with Crippen molar-refractivity contribution >= 4 is 29.0 Å². The number of thioether (sulfide) groups is 1. The molecule has 2 aromatic rings. The number of piperazine rings is 1. The number of halogens is 1. The quantitative estimate of drug-likeness (QED) is 0.686. The van der Waals surface area contributed by atoms with Crippen LogP contribution in [0.1, 0.15) is 18.4 Å². The molecule has 0 aliphatic carbocycles. The van der Waals surface area contributed by atoms with E-state index in [2.05, 4.69) is 20.9 Å². The van der Waals surface area contributed by atoms with Crippen LogP contribution in [0.5, 0.6) is 0 Å². The number of nitrogens with zero attached hydrogens (tertiary/aromatic N) is 5. The molecule has 8 heteroatoms. The predicted molar refractivity (Wildman–Crippen MR) is 116 cm³/mol. The summed E-state index contributed by atoms with van der Waals surface area (Å²) in [5.41, 5.74) is 2.46. The van der Waals surface area contributed by atoms with E-state index in [4.69, 9.17) is 0 Å². The largest absolute Gasteiger partial charge is 0.370 e. The molecule has 0 radical (unpaired) electrons. The Morgan fingerprint density at radius 2 is 1.73 bits per heavy atom. The van der Waals surface area contributed by atoms with E-state index in [0.29, 0.717) is 36.8 Å². The Hall–Kier alpha value is -2.79. The van der Waals surface area contributed by atoms with E-state index in [1.165, 1.54) is 23.9 Å². The van der Waals surface area contributed by atoms with Gasteiger partial charge < -0.3 is 14.7 Å². The van der Waals surface area contributed by atoms with Crippen LogP contribution in [0.15, 0.2) is 41.6 Å². The van der Waals surface area contributed by atoms with Crippen molar-refractivity contribution in [2.75, 3.05) is 54.8 Å². The van der Waals surface area contributed by atoms with Gasteiger partial charge in [-0.3, -0.25) is 4.79 Å². The number of carbonyl (C=O) groups is 1. The molecular formula is C22H24FN5OS. The van der Waals surface area contributed by atoms with Crippen molar-refractivity contribution in [2.24, 2.45) is 0 Å². The molecule has 0 spiro atoms. The van der Waals surface area contributed by atoms with E-state index in [1.54, 1.807) is 18.3 Å². The molecule has 2 fully saturated rings. The van der Waals surface area contributed by atoms with E-state index in [-0.39, 0.29) is 17.5 Å². The van der Waals surface area contributed by atoms with Crippen molar-refractivity contribution in [2.45, 2.75) is 17.9 Å². The Kier molecular flexibility index (Phi) is 6.38. The minimum atomic E-state index is -0.247. The summed E-state index contributed by atoms with van der Waals surface area (Å²) < 4.78 is 13.1. The standard InChI is InChI=1S/C22H24FN5OS/c23-17-3-5-18(6-4-17)26-11-13-28(14-12-26)21(29)16-30-22-19(15-24)20(7-8-25-22)27-9-1-2-10-27/h3-8H,1-2,9-14,16H2. The Morgan fingerprint density at radius 3 is 2.40 bits per heavy atom. The number of hydrogen-bond acceptors (Lipinski definition) is 6. The van der Waals surface area contributed by atoms with Crippen molar-refractivity contribution in [3.63, 3.8) is 0 Å². The number of amides is 1. The van der Waals surface area contributed by atoms with Crippen LogP contribution in [-0.4, -0.2) is 60.8 Å². The van der Waals surface area contributed by atoms with Gasteiger partial charge in [-0.05, 0) is 43.2 Å². The zero-order valence-corrected chi connectivity index (χ0v) is 17.6. The van der Waals surface area contributed by atoms with Crippen molar-refractivity contribution < 1.29 is 9.18 Å². The van der Waals surface area contributed by atoms with Crippen LogP contribution in [0, 0.1) is 17.1 Å². The molecule has 0 bridgehead atoms. The summed E-state index contributed by atoms with van der Waals surface area (Å²) in [7, 11) is 0. The Bertz CT molecular complexity index is 932. The molecule has 0 unspecified atom stereocenters. The van der Waals surface area contributed by atoms with Crippen LogP contribution in [-0.2, 0) is 4.79 Å². The topological polar surface area (TPSA) is 63.5 Å². The summed E-state index contributed by atoms with van der Waals surface area (Å²) in [5.74, 6) is 0.0709. The molecule has 4 rings (SSSR count). The van der Waals surface area contributed by atoms with Crippen LogP contribution < -0.4 is 9.80 Å². The molecule has 3 heterocycles. The minimum absolute atomic E-state index is 0.0519.